The van der Waals surface area contributed by atoms with Crippen LogP contribution in [0.1, 0.15) is 47.0 Å². The quantitative estimate of drug-likeness (QED) is 0.707. The van der Waals surface area contributed by atoms with E-state index in [9.17, 15) is 4.79 Å². The molecule has 0 spiro atoms. The largest absolute Gasteiger partial charge is 0.478 e. The van der Waals surface area contributed by atoms with Gasteiger partial charge in [0.1, 0.15) is 0 Å². The fourth-order valence-corrected chi connectivity index (χ4v) is 2.18. The van der Waals surface area contributed by atoms with E-state index >= 15 is 0 Å². The summed E-state index contributed by atoms with van der Waals surface area (Å²) in [6, 6.07) is 0. The third-order valence-electron chi connectivity index (χ3n) is 3.87. The predicted octanol–water partition coefficient (Wildman–Crippen LogP) is 3.44. The summed E-state index contributed by atoms with van der Waals surface area (Å²) in [5.41, 5.74) is 0.599. The average molecular weight is 209 g/mol. The van der Waals surface area contributed by atoms with Crippen molar-refractivity contribution in [2.24, 2.45) is 11.3 Å². The summed E-state index contributed by atoms with van der Waals surface area (Å²) in [4.78, 5) is 10.8. The summed E-state index contributed by atoms with van der Waals surface area (Å²) < 4.78 is 0. The van der Waals surface area contributed by atoms with Crippen molar-refractivity contribution in [3.8, 4) is 0 Å². The van der Waals surface area contributed by atoms with Crippen molar-refractivity contribution >= 4 is 5.97 Å². The summed E-state index contributed by atoms with van der Waals surface area (Å²) in [6.45, 7) is 8.36. The molecule has 15 heavy (non-hydrogen) atoms. The molecule has 1 N–H and O–H groups in total. The molecule has 0 aliphatic heterocycles. The molecular weight excluding hydrogens is 188 g/mol. The van der Waals surface area contributed by atoms with Gasteiger partial charge in [-0.1, -0.05) is 39.7 Å². The van der Waals surface area contributed by atoms with Crippen LogP contribution in [0.15, 0.2) is 11.6 Å². The maximum atomic E-state index is 10.8. The number of hydrogen-bond acceptors (Lipinski definition) is 1. The number of rotatable bonds is 2. The second-order valence-corrected chi connectivity index (χ2v) is 5.17. The van der Waals surface area contributed by atoms with E-state index in [4.69, 9.17) is 5.11 Å². The summed E-state index contributed by atoms with van der Waals surface area (Å²) in [5.74, 6) is 1.12. The molecule has 1 fully saturated rings. The Morgan fingerprint density at radius 1 is 1.53 bits per heavy atom. The molecule has 0 aromatic carbocycles. The molecule has 0 bridgehead atoms. The van der Waals surface area contributed by atoms with E-state index in [1.165, 1.54) is 18.8 Å². The van der Waals surface area contributed by atoms with Gasteiger partial charge in [-0.25, -0.2) is 4.79 Å². The van der Waals surface area contributed by atoms with Gasteiger partial charge in [0.05, 0.1) is 0 Å². The molecule has 2 nitrogen and oxygen atoms in total. The van der Waals surface area contributed by atoms with Crippen LogP contribution < -0.4 is 0 Å². The van der Waals surface area contributed by atoms with Crippen molar-refractivity contribution in [2.45, 2.75) is 47.0 Å². The number of carboxylic acid groups (broad SMARTS) is 1. The minimum atomic E-state index is -0.809. The highest BCUT2D eigenvalue weighted by atomic mass is 16.4. The van der Waals surface area contributed by atoms with Crippen molar-refractivity contribution in [1.29, 1.82) is 0 Å². The lowest BCUT2D eigenvalue weighted by Gasteiger charge is -2.42. The third-order valence-corrected chi connectivity index (χ3v) is 3.87. The zero-order valence-electron chi connectivity index (χ0n) is 10.1. The number of aliphatic carboxylic acids is 1. The highest BCUT2D eigenvalue weighted by molar-refractivity contribution is 5.86. The maximum Gasteiger partial charge on any atom is 0.330 e. The van der Waals surface area contributed by atoms with Crippen LogP contribution in [0.2, 0.25) is 0 Å². The molecule has 1 rings (SSSR count). The SMILES string of the molecule is CC(=C[C]1CCCC(C)C1(C)C)C(=O)O. The van der Waals surface area contributed by atoms with Crippen LogP contribution in [0.25, 0.3) is 0 Å². The van der Waals surface area contributed by atoms with Crippen LogP contribution in [-0.4, -0.2) is 11.1 Å². The molecule has 2 heteroatoms. The minimum absolute atomic E-state index is 0.148. The van der Waals surface area contributed by atoms with E-state index < -0.39 is 5.97 Å². The van der Waals surface area contributed by atoms with E-state index in [0.29, 0.717) is 11.5 Å². The van der Waals surface area contributed by atoms with Crippen molar-refractivity contribution in [1.82, 2.24) is 0 Å². The van der Waals surface area contributed by atoms with Crippen LogP contribution in [0.3, 0.4) is 0 Å². The second kappa shape index (κ2) is 4.38. The molecule has 0 amide bonds. The molecule has 0 saturated heterocycles. The van der Waals surface area contributed by atoms with E-state index in [-0.39, 0.29) is 5.41 Å². The first-order valence-electron chi connectivity index (χ1n) is 5.63. The lowest BCUT2D eigenvalue weighted by atomic mass is 9.62. The number of carbonyl (C=O) groups is 1. The van der Waals surface area contributed by atoms with Gasteiger partial charge in [0.25, 0.3) is 0 Å². The molecule has 1 aliphatic rings. The molecule has 0 aromatic heterocycles. The Bertz CT molecular complexity index is 276. The van der Waals surface area contributed by atoms with Crippen LogP contribution in [0.4, 0.5) is 0 Å². The second-order valence-electron chi connectivity index (χ2n) is 5.17. The maximum absolute atomic E-state index is 10.8. The molecule has 85 valence electrons. The molecule has 1 radical (unpaired) electrons. The number of carboxylic acids is 1. The molecule has 1 aliphatic carbocycles. The summed E-state index contributed by atoms with van der Waals surface area (Å²) in [5, 5.41) is 8.87. The van der Waals surface area contributed by atoms with Gasteiger partial charge >= 0.3 is 5.97 Å². The molecule has 1 atom stereocenters. The molecule has 0 heterocycles. The van der Waals surface area contributed by atoms with Gasteiger partial charge in [-0.3, -0.25) is 0 Å². The summed E-state index contributed by atoms with van der Waals surface area (Å²) in [7, 11) is 0. The van der Waals surface area contributed by atoms with Crippen LogP contribution in [0.5, 0.6) is 0 Å². The topological polar surface area (TPSA) is 37.3 Å². The standard InChI is InChI=1S/C13H21O2/c1-9(12(14)15)8-11-7-5-6-10(2)13(11,3)4/h8,10H,5-7H2,1-4H3,(H,14,15). The fraction of sp³-hybridized carbons (Fsp3) is 0.692. The predicted molar refractivity (Wildman–Crippen MR) is 61.4 cm³/mol. The van der Waals surface area contributed by atoms with Crippen molar-refractivity contribution < 1.29 is 9.90 Å². The van der Waals surface area contributed by atoms with Gasteiger partial charge in [0, 0.05) is 11.5 Å². The summed E-state index contributed by atoms with van der Waals surface area (Å²) in [6.07, 6.45) is 5.35. The van der Waals surface area contributed by atoms with Crippen molar-refractivity contribution in [2.75, 3.05) is 0 Å². The zero-order chi connectivity index (χ0) is 11.6. The first-order chi connectivity index (χ1) is 6.85. The van der Waals surface area contributed by atoms with Crippen molar-refractivity contribution in [3.63, 3.8) is 0 Å². The van der Waals surface area contributed by atoms with E-state index in [2.05, 4.69) is 20.8 Å². The van der Waals surface area contributed by atoms with Crippen LogP contribution >= 0.6 is 0 Å². The van der Waals surface area contributed by atoms with E-state index in [1.807, 2.05) is 6.08 Å². The Hall–Kier alpha value is -0.790. The normalized spacial score (nSPS) is 27.7. The molecular formula is C13H21O2. The average Bonchev–Trinajstić information content (AvgIpc) is 2.13. The van der Waals surface area contributed by atoms with Gasteiger partial charge in [-0.15, -0.1) is 0 Å². The number of allylic oxidation sites excluding steroid dienone is 1. The Balaban J connectivity index is 2.85. The third kappa shape index (κ3) is 2.61. The Kier molecular flexibility index (Phi) is 3.58. The highest BCUT2D eigenvalue weighted by Crippen LogP contribution is 2.47. The number of hydrogen-bond donors (Lipinski definition) is 1. The van der Waals surface area contributed by atoms with Gasteiger partial charge in [-0.2, -0.15) is 0 Å². The van der Waals surface area contributed by atoms with Crippen molar-refractivity contribution in [3.05, 3.63) is 17.6 Å². The van der Waals surface area contributed by atoms with Gasteiger partial charge in [-0.05, 0) is 24.7 Å². The summed E-state index contributed by atoms with van der Waals surface area (Å²) >= 11 is 0. The van der Waals surface area contributed by atoms with Crippen LogP contribution in [0, 0.1) is 17.3 Å². The first-order valence-corrected chi connectivity index (χ1v) is 5.63. The zero-order valence-corrected chi connectivity index (χ0v) is 10.1. The van der Waals surface area contributed by atoms with Crippen LogP contribution in [-0.2, 0) is 4.79 Å². The lowest BCUT2D eigenvalue weighted by Crippen LogP contribution is -2.32. The fourth-order valence-electron chi connectivity index (χ4n) is 2.18. The first kappa shape index (κ1) is 12.3. The van der Waals surface area contributed by atoms with Gasteiger partial charge in [0.15, 0.2) is 0 Å². The lowest BCUT2D eigenvalue weighted by molar-refractivity contribution is -0.132. The smallest absolute Gasteiger partial charge is 0.330 e. The van der Waals surface area contributed by atoms with E-state index in [0.717, 1.165) is 6.42 Å². The monoisotopic (exact) mass is 209 g/mol. The van der Waals surface area contributed by atoms with Gasteiger partial charge in [0.2, 0.25) is 0 Å². The Morgan fingerprint density at radius 2 is 2.13 bits per heavy atom. The highest BCUT2D eigenvalue weighted by Gasteiger charge is 2.37. The van der Waals surface area contributed by atoms with E-state index in [1.54, 1.807) is 6.92 Å². The molecule has 0 aromatic rings. The van der Waals surface area contributed by atoms with Gasteiger partial charge < -0.3 is 5.11 Å². The minimum Gasteiger partial charge on any atom is -0.478 e. The molecule has 1 saturated carbocycles. The Morgan fingerprint density at radius 3 is 2.67 bits per heavy atom. The Labute approximate surface area is 92.4 Å². The molecule has 1 unspecified atom stereocenters.